The second kappa shape index (κ2) is 7.38. The zero-order valence-electron chi connectivity index (χ0n) is 12.1. The lowest BCUT2D eigenvalue weighted by molar-refractivity contribution is 0.415. The molecule has 3 nitrogen and oxygen atoms in total. The van der Waals surface area contributed by atoms with Crippen molar-refractivity contribution in [1.29, 1.82) is 0 Å². The average molecular weight is 309 g/mol. The van der Waals surface area contributed by atoms with Crippen LogP contribution in [-0.2, 0) is 6.54 Å². The summed E-state index contributed by atoms with van der Waals surface area (Å²) in [6.07, 6.45) is 2.55. The van der Waals surface area contributed by atoms with Gasteiger partial charge in [0.1, 0.15) is 5.75 Å². The molecule has 1 N–H and O–H groups in total. The first-order valence-corrected chi connectivity index (χ1v) is 7.27. The van der Waals surface area contributed by atoms with Crippen LogP contribution in [0.4, 0.5) is 4.39 Å². The van der Waals surface area contributed by atoms with Crippen molar-refractivity contribution in [3.05, 3.63) is 52.4 Å². The highest BCUT2D eigenvalue weighted by Gasteiger charge is 2.12. The first kappa shape index (κ1) is 15.7. The summed E-state index contributed by atoms with van der Waals surface area (Å²) >= 11 is 5.89. The third-order valence-electron chi connectivity index (χ3n) is 3.02. The van der Waals surface area contributed by atoms with Crippen molar-refractivity contribution in [1.82, 2.24) is 10.3 Å². The van der Waals surface area contributed by atoms with Gasteiger partial charge in [0.15, 0.2) is 5.82 Å². The molecule has 0 spiro atoms. The predicted molar refractivity (Wildman–Crippen MR) is 82.5 cm³/mol. The van der Waals surface area contributed by atoms with Crippen LogP contribution in [-0.4, -0.2) is 11.5 Å². The number of pyridine rings is 1. The Hall–Kier alpha value is -1.65. The van der Waals surface area contributed by atoms with Crippen molar-refractivity contribution in [2.45, 2.75) is 26.8 Å². The van der Waals surface area contributed by atoms with Crippen LogP contribution in [0.15, 0.2) is 30.5 Å². The van der Waals surface area contributed by atoms with E-state index in [-0.39, 0.29) is 5.88 Å². The van der Waals surface area contributed by atoms with Gasteiger partial charge in [0, 0.05) is 23.3 Å². The molecule has 0 aliphatic rings. The lowest BCUT2D eigenvalue weighted by Gasteiger charge is -2.11. The first-order chi connectivity index (χ1) is 10.1. The van der Waals surface area contributed by atoms with Crippen molar-refractivity contribution in [3.63, 3.8) is 0 Å². The largest absolute Gasteiger partial charge is 0.436 e. The summed E-state index contributed by atoms with van der Waals surface area (Å²) in [7, 11) is 0. The smallest absolute Gasteiger partial charge is 0.256 e. The molecule has 2 aromatic rings. The van der Waals surface area contributed by atoms with Gasteiger partial charge < -0.3 is 10.1 Å². The lowest BCUT2D eigenvalue weighted by atomic mass is 10.2. The Morgan fingerprint density at radius 1 is 1.33 bits per heavy atom. The van der Waals surface area contributed by atoms with E-state index in [2.05, 4.69) is 17.2 Å². The third-order valence-corrected chi connectivity index (χ3v) is 3.26. The van der Waals surface area contributed by atoms with Crippen LogP contribution < -0.4 is 10.1 Å². The van der Waals surface area contributed by atoms with Crippen LogP contribution in [0, 0.1) is 12.7 Å². The molecule has 0 unspecified atom stereocenters. The van der Waals surface area contributed by atoms with Gasteiger partial charge in [-0.25, -0.2) is 9.37 Å². The van der Waals surface area contributed by atoms with Crippen LogP contribution in [0.1, 0.15) is 24.5 Å². The molecule has 21 heavy (non-hydrogen) atoms. The molecule has 1 aromatic heterocycles. The quantitative estimate of drug-likeness (QED) is 0.799. The first-order valence-electron chi connectivity index (χ1n) is 6.90. The fraction of sp³-hybridized carbons (Fsp3) is 0.312. The van der Waals surface area contributed by atoms with E-state index < -0.39 is 5.82 Å². The molecule has 1 aromatic carbocycles. The summed E-state index contributed by atoms with van der Waals surface area (Å²) in [5.41, 5.74) is 1.37. The number of nitrogens with one attached hydrogen (secondary N) is 1. The minimum Gasteiger partial charge on any atom is -0.436 e. The number of hydrogen-bond acceptors (Lipinski definition) is 3. The molecule has 1 heterocycles. The van der Waals surface area contributed by atoms with Gasteiger partial charge in [0.25, 0.3) is 5.88 Å². The molecule has 0 saturated heterocycles. The third kappa shape index (κ3) is 4.16. The van der Waals surface area contributed by atoms with Crippen LogP contribution in [0.25, 0.3) is 0 Å². The lowest BCUT2D eigenvalue weighted by Crippen LogP contribution is -2.15. The molecular formula is C16H18ClFN2O. The zero-order valence-corrected chi connectivity index (χ0v) is 12.9. The summed E-state index contributed by atoms with van der Waals surface area (Å²) in [5, 5.41) is 3.78. The van der Waals surface area contributed by atoms with Crippen LogP contribution in [0.2, 0.25) is 5.02 Å². The Morgan fingerprint density at radius 2 is 2.14 bits per heavy atom. The van der Waals surface area contributed by atoms with Crippen LogP contribution in [0.5, 0.6) is 11.6 Å². The summed E-state index contributed by atoms with van der Waals surface area (Å²) in [6, 6.07) is 6.83. The molecule has 0 fully saturated rings. The maximum absolute atomic E-state index is 14.3. The molecule has 0 bridgehead atoms. The number of ether oxygens (including phenoxy) is 1. The van der Waals surface area contributed by atoms with E-state index in [0.29, 0.717) is 22.9 Å². The van der Waals surface area contributed by atoms with E-state index >= 15 is 0 Å². The molecule has 0 atom stereocenters. The summed E-state index contributed by atoms with van der Waals surface area (Å²) in [4.78, 5) is 3.97. The summed E-state index contributed by atoms with van der Waals surface area (Å²) < 4.78 is 19.9. The zero-order chi connectivity index (χ0) is 15.2. The Bertz CT molecular complexity index is 619. The standard InChI is InChI=1S/C16H18ClFN2O/c1-3-7-19-10-12-6-8-20-16(15(12)18)21-14-5-4-13(17)9-11(14)2/h4-6,8-9,19H,3,7,10H2,1-2H3. The van der Waals surface area contributed by atoms with Crippen molar-refractivity contribution in [3.8, 4) is 11.6 Å². The molecular weight excluding hydrogens is 291 g/mol. The Kier molecular flexibility index (Phi) is 5.53. The summed E-state index contributed by atoms with van der Waals surface area (Å²) in [5.74, 6) is 0.0936. The summed E-state index contributed by atoms with van der Waals surface area (Å²) in [6.45, 7) is 5.21. The molecule has 112 valence electrons. The topological polar surface area (TPSA) is 34.2 Å². The van der Waals surface area contributed by atoms with Crippen molar-refractivity contribution < 1.29 is 9.13 Å². The molecule has 0 aliphatic carbocycles. The van der Waals surface area contributed by atoms with E-state index in [9.17, 15) is 4.39 Å². The van der Waals surface area contributed by atoms with Gasteiger partial charge in [-0.05, 0) is 49.7 Å². The number of halogens is 2. The highest BCUT2D eigenvalue weighted by Crippen LogP contribution is 2.28. The molecule has 0 saturated carbocycles. The Labute approximate surface area is 129 Å². The maximum atomic E-state index is 14.3. The number of hydrogen-bond donors (Lipinski definition) is 1. The van der Waals surface area contributed by atoms with Gasteiger partial charge in [0.2, 0.25) is 0 Å². The minimum atomic E-state index is -0.435. The van der Waals surface area contributed by atoms with E-state index in [1.54, 1.807) is 30.5 Å². The number of aryl methyl sites for hydroxylation is 1. The van der Waals surface area contributed by atoms with Crippen molar-refractivity contribution in [2.24, 2.45) is 0 Å². The minimum absolute atomic E-state index is 0.0174. The van der Waals surface area contributed by atoms with Crippen molar-refractivity contribution in [2.75, 3.05) is 6.54 Å². The second-order valence-electron chi connectivity index (χ2n) is 4.78. The van der Waals surface area contributed by atoms with Crippen LogP contribution in [0.3, 0.4) is 0 Å². The van der Waals surface area contributed by atoms with Gasteiger partial charge in [-0.2, -0.15) is 0 Å². The van der Waals surface area contributed by atoms with Crippen LogP contribution >= 0.6 is 11.6 Å². The predicted octanol–water partition coefficient (Wildman–Crippen LogP) is 4.47. The van der Waals surface area contributed by atoms with Gasteiger partial charge in [-0.1, -0.05) is 18.5 Å². The average Bonchev–Trinajstić information content (AvgIpc) is 2.46. The molecule has 0 aliphatic heterocycles. The van der Waals surface area contributed by atoms with Gasteiger partial charge >= 0.3 is 0 Å². The van der Waals surface area contributed by atoms with Gasteiger partial charge in [-0.3, -0.25) is 0 Å². The number of benzene rings is 1. The van der Waals surface area contributed by atoms with Crippen molar-refractivity contribution >= 4 is 11.6 Å². The van der Waals surface area contributed by atoms with E-state index in [1.165, 1.54) is 0 Å². The second-order valence-corrected chi connectivity index (χ2v) is 5.21. The van der Waals surface area contributed by atoms with Gasteiger partial charge in [0.05, 0.1) is 0 Å². The van der Waals surface area contributed by atoms with E-state index in [1.807, 2.05) is 6.92 Å². The fourth-order valence-corrected chi connectivity index (χ4v) is 2.13. The van der Waals surface area contributed by atoms with E-state index in [0.717, 1.165) is 18.5 Å². The Morgan fingerprint density at radius 3 is 2.86 bits per heavy atom. The number of nitrogens with zero attached hydrogens (tertiary/aromatic N) is 1. The molecule has 2 rings (SSSR count). The molecule has 5 heteroatoms. The molecule has 0 amide bonds. The SMILES string of the molecule is CCCNCc1ccnc(Oc2ccc(Cl)cc2C)c1F. The monoisotopic (exact) mass is 308 g/mol. The molecule has 0 radical (unpaired) electrons. The number of aromatic nitrogens is 1. The normalized spacial score (nSPS) is 10.7. The van der Waals surface area contributed by atoms with E-state index in [4.69, 9.17) is 16.3 Å². The van der Waals surface area contributed by atoms with Gasteiger partial charge in [-0.15, -0.1) is 0 Å². The highest BCUT2D eigenvalue weighted by molar-refractivity contribution is 6.30. The Balaban J connectivity index is 2.18. The maximum Gasteiger partial charge on any atom is 0.256 e. The number of rotatable bonds is 6. The highest BCUT2D eigenvalue weighted by atomic mass is 35.5. The fourth-order valence-electron chi connectivity index (χ4n) is 1.90.